The summed E-state index contributed by atoms with van der Waals surface area (Å²) in [5.41, 5.74) is 1.30. The molecule has 1 aromatic carbocycles. The maximum atomic E-state index is 12.2. The van der Waals surface area contributed by atoms with E-state index in [0.29, 0.717) is 29.6 Å². The van der Waals surface area contributed by atoms with Crippen LogP contribution in [0.5, 0.6) is 0 Å². The zero-order valence-electron chi connectivity index (χ0n) is 11.8. The van der Waals surface area contributed by atoms with Gasteiger partial charge in [-0.2, -0.15) is 5.26 Å². The van der Waals surface area contributed by atoms with Crippen LogP contribution in [0.2, 0.25) is 5.02 Å². The number of rotatable bonds is 3. The van der Waals surface area contributed by atoms with Crippen molar-refractivity contribution in [2.75, 3.05) is 31.1 Å². The molecule has 1 heterocycles. The quantitative estimate of drug-likeness (QED) is 0.860. The number of hydrogen-bond acceptors (Lipinski definition) is 3. The third-order valence-corrected chi connectivity index (χ3v) is 3.56. The predicted molar refractivity (Wildman–Crippen MR) is 79.8 cm³/mol. The van der Waals surface area contributed by atoms with Gasteiger partial charge in [-0.05, 0) is 24.1 Å². The number of halogens is 1. The number of carbonyl (C=O) groups is 1. The highest BCUT2D eigenvalue weighted by Gasteiger charge is 2.25. The summed E-state index contributed by atoms with van der Waals surface area (Å²) in [4.78, 5) is 16.0. The van der Waals surface area contributed by atoms with E-state index in [1.54, 1.807) is 18.2 Å². The Morgan fingerprint density at radius 2 is 2.15 bits per heavy atom. The SMILES string of the molecule is CC(C)CN1CCN(c2cc(Cl)ccc2C#N)CC1=O. The zero-order chi connectivity index (χ0) is 14.7. The topological polar surface area (TPSA) is 47.3 Å². The van der Waals surface area contributed by atoms with Crippen molar-refractivity contribution in [3.63, 3.8) is 0 Å². The summed E-state index contributed by atoms with van der Waals surface area (Å²) < 4.78 is 0. The first-order valence-electron chi connectivity index (χ1n) is 6.73. The fourth-order valence-corrected chi connectivity index (χ4v) is 2.58. The molecule has 0 aliphatic carbocycles. The molecule has 0 aromatic heterocycles. The number of carbonyl (C=O) groups excluding carboxylic acids is 1. The van der Waals surface area contributed by atoms with Crippen LogP contribution in [0.3, 0.4) is 0 Å². The van der Waals surface area contributed by atoms with E-state index in [-0.39, 0.29) is 5.91 Å². The summed E-state index contributed by atoms with van der Waals surface area (Å²) in [6.45, 7) is 6.71. The monoisotopic (exact) mass is 291 g/mol. The van der Waals surface area contributed by atoms with Gasteiger partial charge in [0.1, 0.15) is 6.07 Å². The molecule has 0 unspecified atom stereocenters. The van der Waals surface area contributed by atoms with Crippen molar-refractivity contribution in [2.45, 2.75) is 13.8 Å². The Bertz CT molecular complexity index is 551. The molecule has 0 atom stereocenters. The molecule has 5 heteroatoms. The van der Waals surface area contributed by atoms with Gasteiger partial charge in [0.2, 0.25) is 5.91 Å². The van der Waals surface area contributed by atoms with Crippen LogP contribution < -0.4 is 4.90 Å². The van der Waals surface area contributed by atoms with Crippen LogP contribution >= 0.6 is 11.6 Å². The Morgan fingerprint density at radius 3 is 2.75 bits per heavy atom. The van der Waals surface area contributed by atoms with Crippen molar-refractivity contribution >= 4 is 23.2 Å². The third kappa shape index (κ3) is 3.23. The molecule has 0 saturated carbocycles. The van der Waals surface area contributed by atoms with Gasteiger partial charge in [0.25, 0.3) is 0 Å². The number of amides is 1. The highest BCUT2D eigenvalue weighted by Crippen LogP contribution is 2.25. The van der Waals surface area contributed by atoms with Crippen LogP contribution in [0.25, 0.3) is 0 Å². The largest absolute Gasteiger partial charge is 0.359 e. The number of hydrogen-bond donors (Lipinski definition) is 0. The van der Waals surface area contributed by atoms with Crippen LogP contribution in [-0.4, -0.2) is 37.0 Å². The summed E-state index contributed by atoms with van der Waals surface area (Å²) in [6.07, 6.45) is 0. The molecule has 1 aliphatic rings. The first kappa shape index (κ1) is 14.7. The van der Waals surface area contributed by atoms with E-state index in [1.165, 1.54) is 0 Å². The first-order valence-corrected chi connectivity index (χ1v) is 7.11. The molecule has 4 nitrogen and oxygen atoms in total. The first-order chi connectivity index (χ1) is 9.51. The molecular weight excluding hydrogens is 274 g/mol. The van der Waals surface area contributed by atoms with Crippen LogP contribution in [0, 0.1) is 17.2 Å². The normalized spacial score (nSPS) is 15.7. The molecule has 0 N–H and O–H groups in total. The van der Waals surface area contributed by atoms with Crippen LogP contribution in [0.15, 0.2) is 18.2 Å². The average molecular weight is 292 g/mol. The van der Waals surface area contributed by atoms with Crippen molar-refractivity contribution in [2.24, 2.45) is 5.92 Å². The average Bonchev–Trinajstić information content (AvgIpc) is 2.40. The van der Waals surface area contributed by atoms with Gasteiger partial charge in [-0.25, -0.2) is 0 Å². The predicted octanol–water partition coefficient (Wildman–Crippen LogP) is 2.52. The van der Waals surface area contributed by atoms with Crippen molar-refractivity contribution < 1.29 is 4.79 Å². The van der Waals surface area contributed by atoms with Gasteiger partial charge >= 0.3 is 0 Å². The van der Waals surface area contributed by atoms with Gasteiger partial charge in [-0.3, -0.25) is 4.79 Å². The summed E-state index contributed by atoms with van der Waals surface area (Å²) in [6, 6.07) is 7.30. The number of benzene rings is 1. The Kier molecular flexibility index (Phi) is 4.51. The van der Waals surface area contributed by atoms with Gasteiger partial charge < -0.3 is 9.80 Å². The second-order valence-electron chi connectivity index (χ2n) is 5.43. The molecule has 0 spiro atoms. The molecule has 1 aliphatic heterocycles. The molecule has 0 bridgehead atoms. The van der Waals surface area contributed by atoms with E-state index < -0.39 is 0 Å². The van der Waals surface area contributed by atoms with E-state index in [9.17, 15) is 4.79 Å². The lowest BCUT2D eigenvalue weighted by atomic mass is 10.1. The third-order valence-electron chi connectivity index (χ3n) is 3.33. The van der Waals surface area contributed by atoms with E-state index >= 15 is 0 Å². The molecule has 2 rings (SSSR count). The Hall–Kier alpha value is -1.73. The number of nitrogens with zero attached hydrogens (tertiary/aromatic N) is 3. The van der Waals surface area contributed by atoms with Crippen molar-refractivity contribution in [1.82, 2.24) is 4.90 Å². The second kappa shape index (κ2) is 6.15. The van der Waals surface area contributed by atoms with E-state index in [1.807, 2.05) is 9.80 Å². The van der Waals surface area contributed by atoms with Crippen LogP contribution in [0.4, 0.5) is 5.69 Å². The smallest absolute Gasteiger partial charge is 0.242 e. The maximum Gasteiger partial charge on any atom is 0.242 e. The highest BCUT2D eigenvalue weighted by atomic mass is 35.5. The lowest BCUT2D eigenvalue weighted by Gasteiger charge is -2.36. The lowest BCUT2D eigenvalue weighted by molar-refractivity contribution is -0.131. The minimum atomic E-state index is 0.105. The lowest BCUT2D eigenvalue weighted by Crippen LogP contribution is -2.51. The summed E-state index contributed by atoms with van der Waals surface area (Å²) in [5, 5.41) is 9.74. The van der Waals surface area contributed by atoms with Crippen LogP contribution in [-0.2, 0) is 4.79 Å². The maximum absolute atomic E-state index is 12.2. The van der Waals surface area contributed by atoms with Gasteiger partial charge in [0.05, 0.1) is 17.8 Å². The van der Waals surface area contributed by atoms with E-state index in [2.05, 4.69) is 19.9 Å². The zero-order valence-corrected chi connectivity index (χ0v) is 12.5. The number of piperazine rings is 1. The van der Waals surface area contributed by atoms with E-state index in [0.717, 1.165) is 18.8 Å². The van der Waals surface area contributed by atoms with Crippen molar-refractivity contribution in [3.8, 4) is 6.07 Å². The molecule has 20 heavy (non-hydrogen) atoms. The molecular formula is C15H18ClN3O. The standard InChI is InChI=1S/C15H18ClN3O/c1-11(2)9-19-6-5-18(10-15(19)20)14-7-13(16)4-3-12(14)8-17/h3-4,7,11H,5-6,9-10H2,1-2H3. The molecule has 106 valence electrons. The van der Waals surface area contributed by atoms with Gasteiger partial charge in [-0.1, -0.05) is 25.4 Å². The summed E-state index contributed by atoms with van der Waals surface area (Å²) in [7, 11) is 0. The Balaban J connectivity index is 2.16. The fraction of sp³-hybridized carbons (Fsp3) is 0.467. The Labute approximate surface area is 124 Å². The highest BCUT2D eigenvalue weighted by molar-refractivity contribution is 6.30. The Morgan fingerprint density at radius 1 is 1.40 bits per heavy atom. The number of nitriles is 1. The minimum Gasteiger partial charge on any atom is -0.359 e. The molecule has 1 fully saturated rings. The summed E-state index contributed by atoms with van der Waals surface area (Å²) in [5.74, 6) is 0.570. The van der Waals surface area contributed by atoms with Gasteiger partial charge in [-0.15, -0.1) is 0 Å². The second-order valence-corrected chi connectivity index (χ2v) is 5.86. The molecule has 1 aromatic rings. The molecule has 0 radical (unpaired) electrons. The van der Waals surface area contributed by atoms with Gasteiger partial charge in [0.15, 0.2) is 0 Å². The summed E-state index contributed by atoms with van der Waals surface area (Å²) >= 11 is 6.00. The van der Waals surface area contributed by atoms with Crippen LogP contribution in [0.1, 0.15) is 19.4 Å². The molecule has 1 amide bonds. The van der Waals surface area contributed by atoms with E-state index in [4.69, 9.17) is 16.9 Å². The van der Waals surface area contributed by atoms with Gasteiger partial charge in [0, 0.05) is 24.7 Å². The fourth-order valence-electron chi connectivity index (χ4n) is 2.41. The molecule has 1 saturated heterocycles. The minimum absolute atomic E-state index is 0.105. The van der Waals surface area contributed by atoms with Crippen molar-refractivity contribution in [1.29, 1.82) is 5.26 Å². The van der Waals surface area contributed by atoms with Crippen molar-refractivity contribution in [3.05, 3.63) is 28.8 Å². The number of anilines is 1.